The molecule has 3 nitrogen and oxygen atoms in total. The summed E-state index contributed by atoms with van der Waals surface area (Å²) in [5, 5.41) is 3.11. The van der Waals surface area contributed by atoms with Crippen molar-refractivity contribution < 1.29 is 4.79 Å². The molecule has 1 rings (SSSR count). The number of carbonyl (C=O) groups excluding carboxylic acids is 1. The lowest BCUT2D eigenvalue weighted by Gasteiger charge is -2.33. The molecular weight excluding hydrogens is 188 g/mol. The Bertz CT molecular complexity index is 188. The molecule has 3 heteroatoms. The number of carbonyl (C=O) groups is 1. The number of amides is 1. The standard InChI is InChI=1S/C12H24N2O/c1-3-13-10-12(15)14(4-2)11-8-6-5-7-9-11/h11,13H,3-10H2,1-2H3. The van der Waals surface area contributed by atoms with Crippen molar-refractivity contribution in [1.29, 1.82) is 0 Å². The highest BCUT2D eigenvalue weighted by molar-refractivity contribution is 5.78. The van der Waals surface area contributed by atoms with E-state index in [1.165, 1.54) is 32.1 Å². The van der Waals surface area contributed by atoms with E-state index in [1.807, 2.05) is 6.92 Å². The summed E-state index contributed by atoms with van der Waals surface area (Å²) in [6.45, 7) is 6.34. The number of likely N-dealkylation sites (N-methyl/N-ethyl adjacent to an activating group) is 2. The Labute approximate surface area is 93.2 Å². The molecule has 0 bridgehead atoms. The fourth-order valence-electron chi connectivity index (χ4n) is 2.36. The topological polar surface area (TPSA) is 32.3 Å². The Morgan fingerprint density at radius 3 is 2.47 bits per heavy atom. The third kappa shape index (κ3) is 3.82. The van der Waals surface area contributed by atoms with Gasteiger partial charge in [0.05, 0.1) is 6.54 Å². The van der Waals surface area contributed by atoms with Gasteiger partial charge in [-0.25, -0.2) is 0 Å². The summed E-state index contributed by atoms with van der Waals surface area (Å²) in [6.07, 6.45) is 6.32. The summed E-state index contributed by atoms with van der Waals surface area (Å²) in [5.74, 6) is 0.270. The normalized spacial score (nSPS) is 17.7. The van der Waals surface area contributed by atoms with E-state index in [0.717, 1.165) is 13.1 Å². The highest BCUT2D eigenvalue weighted by atomic mass is 16.2. The summed E-state index contributed by atoms with van der Waals surface area (Å²) in [6, 6.07) is 0.509. The maximum absolute atomic E-state index is 11.9. The van der Waals surface area contributed by atoms with E-state index in [1.54, 1.807) is 0 Å². The maximum Gasteiger partial charge on any atom is 0.236 e. The molecular formula is C12H24N2O. The number of hydrogen-bond donors (Lipinski definition) is 1. The molecule has 0 aliphatic heterocycles. The second-order valence-corrected chi connectivity index (χ2v) is 4.25. The quantitative estimate of drug-likeness (QED) is 0.753. The van der Waals surface area contributed by atoms with E-state index in [0.29, 0.717) is 12.6 Å². The smallest absolute Gasteiger partial charge is 0.236 e. The van der Waals surface area contributed by atoms with Gasteiger partial charge in [0, 0.05) is 12.6 Å². The van der Waals surface area contributed by atoms with Gasteiger partial charge in [-0.05, 0) is 26.3 Å². The van der Waals surface area contributed by atoms with E-state index < -0.39 is 0 Å². The molecule has 1 amide bonds. The molecule has 1 N–H and O–H groups in total. The molecule has 0 heterocycles. The minimum absolute atomic E-state index is 0.270. The van der Waals surface area contributed by atoms with Crippen molar-refractivity contribution >= 4 is 5.91 Å². The predicted octanol–water partition coefficient (Wildman–Crippen LogP) is 1.78. The maximum atomic E-state index is 11.9. The molecule has 1 saturated carbocycles. The van der Waals surface area contributed by atoms with E-state index in [-0.39, 0.29) is 5.91 Å². The van der Waals surface area contributed by atoms with Crippen molar-refractivity contribution in [2.24, 2.45) is 0 Å². The Morgan fingerprint density at radius 2 is 1.93 bits per heavy atom. The summed E-state index contributed by atoms with van der Waals surface area (Å²) < 4.78 is 0. The molecule has 0 unspecified atom stereocenters. The van der Waals surface area contributed by atoms with Crippen LogP contribution in [0.4, 0.5) is 0 Å². The SMILES string of the molecule is CCNCC(=O)N(CC)C1CCCCC1. The molecule has 0 saturated heterocycles. The lowest BCUT2D eigenvalue weighted by molar-refractivity contribution is -0.132. The van der Waals surface area contributed by atoms with E-state index in [9.17, 15) is 4.79 Å². The Kier molecular flexibility index (Phi) is 5.69. The zero-order chi connectivity index (χ0) is 11.1. The molecule has 1 aliphatic rings. The van der Waals surface area contributed by atoms with Crippen LogP contribution in [0.1, 0.15) is 46.0 Å². The molecule has 0 aromatic heterocycles. The highest BCUT2D eigenvalue weighted by Crippen LogP contribution is 2.22. The van der Waals surface area contributed by atoms with Gasteiger partial charge >= 0.3 is 0 Å². The lowest BCUT2D eigenvalue weighted by atomic mass is 9.94. The van der Waals surface area contributed by atoms with Crippen LogP contribution in [0.3, 0.4) is 0 Å². The number of nitrogens with zero attached hydrogens (tertiary/aromatic N) is 1. The van der Waals surface area contributed by atoms with Crippen LogP contribution in [-0.2, 0) is 4.79 Å². The second-order valence-electron chi connectivity index (χ2n) is 4.25. The first-order chi connectivity index (χ1) is 7.29. The molecule has 0 radical (unpaired) electrons. The molecule has 1 aliphatic carbocycles. The monoisotopic (exact) mass is 212 g/mol. The van der Waals surface area contributed by atoms with Crippen LogP contribution < -0.4 is 5.32 Å². The minimum atomic E-state index is 0.270. The van der Waals surface area contributed by atoms with Crippen molar-refractivity contribution in [3.05, 3.63) is 0 Å². The second kappa shape index (κ2) is 6.83. The molecule has 0 spiro atoms. The number of hydrogen-bond acceptors (Lipinski definition) is 2. The van der Waals surface area contributed by atoms with Gasteiger partial charge in [0.15, 0.2) is 0 Å². The van der Waals surface area contributed by atoms with Crippen LogP contribution in [0.5, 0.6) is 0 Å². The van der Waals surface area contributed by atoms with Crippen LogP contribution in [-0.4, -0.2) is 36.5 Å². The predicted molar refractivity (Wildman–Crippen MR) is 62.8 cm³/mol. The van der Waals surface area contributed by atoms with Crippen LogP contribution in [0, 0.1) is 0 Å². The van der Waals surface area contributed by atoms with Gasteiger partial charge < -0.3 is 10.2 Å². The number of nitrogens with one attached hydrogen (secondary N) is 1. The van der Waals surface area contributed by atoms with Crippen molar-refractivity contribution in [1.82, 2.24) is 10.2 Å². The summed E-state index contributed by atoms with van der Waals surface area (Å²) >= 11 is 0. The average Bonchev–Trinajstić information content (AvgIpc) is 2.29. The zero-order valence-electron chi connectivity index (χ0n) is 10.1. The van der Waals surface area contributed by atoms with Crippen molar-refractivity contribution in [3.63, 3.8) is 0 Å². The fourth-order valence-corrected chi connectivity index (χ4v) is 2.36. The molecule has 0 atom stereocenters. The van der Waals surface area contributed by atoms with Gasteiger partial charge in [0.2, 0.25) is 5.91 Å². The van der Waals surface area contributed by atoms with E-state index >= 15 is 0 Å². The molecule has 15 heavy (non-hydrogen) atoms. The first-order valence-corrected chi connectivity index (χ1v) is 6.29. The van der Waals surface area contributed by atoms with Gasteiger partial charge in [0.1, 0.15) is 0 Å². The molecule has 1 fully saturated rings. The Morgan fingerprint density at radius 1 is 1.27 bits per heavy atom. The summed E-state index contributed by atoms with van der Waals surface area (Å²) in [5.41, 5.74) is 0. The van der Waals surface area contributed by atoms with Crippen LogP contribution in [0.15, 0.2) is 0 Å². The third-order valence-corrected chi connectivity index (χ3v) is 3.20. The zero-order valence-corrected chi connectivity index (χ0v) is 10.1. The minimum Gasteiger partial charge on any atom is -0.339 e. The van der Waals surface area contributed by atoms with Crippen molar-refractivity contribution in [2.75, 3.05) is 19.6 Å². The Balaban J connectivity index is 2.41. The van der Waals surface area contributed by atoms with Gasteiger partial charge in [0.25, 0.3) is 0 Å². The lowest BCUT2D eigenvalue weighted by Crippen LogP contribution is -2.45. The Hall–Kier alpha value is -0.570. The van der Waals surface area contributed by atoms with Crippen LogP contribution >= 0.6 is 0 Å². The molecule has 88 valence electrons. The van der Waals surface area contributed by atoms with Crippen molar-refractivity contribution in [2.45, 2.75) is 52.0 Å². The van der Waals surface area contributed by atoms with Crippen LogP contribution in [0.25, 0.3) is 0 Å². The first kappa shape index (κ1) is 12.5. The summed E-state index contributed by atoms with van der Waals surface area (Å²) in [7, 11) is 0. The van der Waals surface area contributed by atoms with Crippen molar-refractivity contribution in [3.8, 4) is 0 Å². The van der Waals surface area contributed by atoms with Gasteiger partial charge in [-0.2, -0.15) is 0 Å². The van der Waals surface area contributed by atoms with Gasteiger partial charge in [-0.3, -0.25) is 4.79 Å². The molecule has 0 aromatic rings. The van der Waals surface area contributed by atoms with E-state index in [4.69, 9.17) is 0 Å². The largest absolute Gasteiger partial charge is 0.339 e. The van der Waals surface area contributed by atoms with Gasteiger partial charge in [-0.15, -0.1) is 0 Å². The first-order valence-electron chi connectivity index (χ1n) is 6.29. The number of rotatable bonds is 5. The van der Waals surface area contributed by atoms with Gasteiger partial charge in [-0.1, -0.05) is 26.2 Å². The van der Waals surface area contributed by atoms with E-state index in [2.05, 4.69) is 17.1 Å². The molecule has 0 aromatic carbocycles. The summed E-state index contributed by atoms with van der Waals surface area (Å²) in [4.78, 5) is 14.0. The highest BCUT2D eigenvalue weighted by Gasteiger charge is 2.23. The van der Waals surface area contributed by atoms with Crippen LogP contribution in [0.2, 0.25) is 0 Å². The average molecular weight is 212 g/mol. The third-order valence-electron chi connectivity index (χ3n) is 3.20. The fraction of sp³-hybridized carbons (Fsp3) is 0.917.